The molecule has 0 spiro atoms. The van der Waals surface area contributed by atoms with E-state index in [9.17, 15) is 8.78 Å². The number of ether oxygens (including phenoxy) is 1. The molecule has 100 valence electrons. The maximum absolute atomic E-state index is 13.8. The van der Waals surface area contributed by atoms with E-state index in [1.54, 1.807) is 31.2 Å². The zero-order valence-electron chi connectivity index (χ0n) is 10.2. The van der Waals surface area contributed by atoms with Crippen molar-refractivity contribution in [3.8, 4) is 5.75 Å². The maximum Gasteiger partial charge on any atom is 0.151 e. The molecule has 2 rings (SSSR count). The number of rotatable bonds is 3. The second-order valence-electron chi connectivity index (χ2n) is 4.09. The number of anilines is 1. The summed E-state index contributed by atoms with van der Waals surface area (Å²) < 4.78 is 32.9. The molecule has 2 aromatic carbocycles. The molecule has 1 atom stereocenters. The molecule has 0 fully saturated rings. The lowest BCUT2D eigenvalue weighted by Gasteiger charge is -2.17. The first-order valence-corrected chi connectivity index (χ1v) is 6.02. The van der Waals surface area contributed by atoms with E-state index < -0.39 is 17.7 Å². The van der Waals surface area contributed by atoms with Crippen molar-refractivity contribution in [3.63, 3.8) is 0 Å². The van der Waals surface area contributed by atoms with E-state index in [1.807, 2.05) is 0 Å². The van der Waals surface area contributed by atoms with Crippen molar-refractivity contribution in [2.24, 2.45) is 0 Å². The quantitative estimate of drug-likeness (QED) is 0.672. The fourth-order valence-electron chi connectivity index (χ4n) is 1.72. The molecule has 0 radical (unpaired) electrons. The highest BCUT2D eigenvalue weighted by atomic mass is 35.5. The predicted octanol–water partition coefficient (Wildman–Crippen LogP) is 4.34. The molecule has 0 aliphatic carbocycles. The summed E-state index contributed by atoms with van der Waals surface area (Å²) in [6.45, 7) is 1.55. The lowest BCUT2D eigenvalue weighted by atomic mass is 10.1. The zero-order chi connectivity index (χ0) is 14.0. The third-order valence-corrected chi connectivity index (χ3v) is 2.97. The SMILES string of the molecule is CC(Oc1ccc(N)cc1)c1c(F)ccc(Cl)c1F. The fraction of sp³-hybridized carbons (Fsp3) is 0.143. The van der Waals surface area contributed by atoms with Crippen LogP contribution in [0.15, 0.2) is 36.4 Å². The van der Waals surface area contributed by atoms with Crippen LogP contribution >= 0.6 is 11.6 Å². The Morgan fingerprint density at radius 3 is 2.37 bits per heavy atom. The van der Waals surface area contributed by atoms with Crippen LogP contribution in [0.4, 0.5) is 14.5 Å². The summed E-state index contributed by atoms with van der Waals surface area (Å²) in [4.78, 5) is 0. The Balaban J connectivity index is 2.27. The van der Waals surface area contributed by atoms with Crippen LogP contribution in [-0.4, -0.2) is 0 Å². The van der Waals surface area contributed by atoms with Crippen LogP contribution in [0.3, 0.4) is 0 Å². The Kier molecular flexibility index (Phi) is 3.90. The molecule has 5 heteroatoms. The van der Waals surface area contributed by atoms with Crippen molar-refractivity contribution < 1.29 is 13.5 Å². The molecule has 19 heavy (non-hydrogen) atoms. The summed E-state index contributed by atoms with van der Waals surface area (Å²) in [5, 5.41) is -0.135. The van der Waals surface area contributed by atoms with Crippen molar-refractivity contribution in [2.45, 2.75) is 13.0 Å². The Morgan fingerprint density at radius 2 is 1.74 bits per heavy atom. The average Bonchev–Trinajstić information content (AvgIpc) is 2.37. The molecule has 0 bridgehead atoms. The topological polar surface area (TPSA) is 35.2 Å². The molecular weight excluding hydrogens is 272 g/mol. The second-order valence-corrected chi connectivity index (χ2v) is 4.49. The van der Waals surface area contributed by atoms with Crippen LogP contribution in [0, 0.1) is 11.6 Å². The smallest absolute Gasteiger partial charge is 0.151 e. The number of benzene rings is 2. The van der Waals surface area contributed by atoms with E-state index in [2.05, 4.69) is 0 Å². The molecule has 0 aliphatic rings. The van der Waals surface area contributed by atoms with Gasteiger partial charge in [-0.3, -0.25) is 0 Å². The van der Waals surface area contributed by atoms with Crippen molar-refractivity contribution in [1.82, 2.24) is 0 Å². The number of hydrogen-bond donors (Lipinski definition) is 1. The molecule has 1 unspecified atom stereocenters. The van der Waals surface area contributed by atoms with E-state index in [-0.39, 0.29) is 10.6 Å². The van der Waals surface area contributed by atoms with Crippen molar-refractivity contribution in [1.29, 1.82) is 0 Å². The lowest BCUT2D eigenvalue weighted by molar-refractivity contribution is 0.215. The summed E-state index contributed by atoms with van der Waals surface area (Å²) in [5.41, 5.74) is 5.94. The van der Waals surface area contributed by atoms with Crippen LogP contribution in [0.5, 0.6) is 5.75 Å². The summed E-state index contributed by atoms with van der Waals surface area (Å²) in [6, 6.07) is 8.84. The third-order valence-electron chi connectivity index (χ3n) is 2.68. The number of nitrogen functional groups attached to an aromatic ring is 1. The molecule has 0 amide bonds. The molecule has 2 aromatic rings. The standard InChI is InChI=1S/C14H12ClF2NO/c1-8(19-10-4-2-9(18)3-5-10)13-12(16)7-6-11(15)14(13)17/h2-8H,18H2,1H3. The van der Waals surface area contributed by atoms with Gasteiger partial charge in [0.15, 0.2) is 5.82 Å². The van der Waals surface area contributed by atoms with Crippen LogP contribution in [0.2, 0.25) is 5.02 Å². The Bertz CT molecular complexity index is 587. The lowest BCUT2D eigenvalue weighted by Crippen LogP contribution is -2.08. The van der Waals surface area contributed by atoms with Gasteiger partial charge in [0.1, 0.15) is 17.7 Å². The van der Waals surface area contributed by atoms with E-state index in [0.29, 0.717) is 11.4 Å². The summed E-state index contributed by atoms with van der Waals surface area (Å²) in [7, 11) is 0. The van der Waals surface area contributed by atoms with E-state index >= 15 is 0 Å². The molecule has 2 N–H and O–H groups in total. The average molecular weight is 284 g/mol. The van der Waals surface area contributed by atoms with Crippen molar-refractivity contribution in [3.05, 3.63) is 58.6 Å². The third kappa shape index (κ3) is 2.96. The zero-order valence-corrected chi connectivity index (χ0v) is 10.9. The van der Waals surface area contributed by atoms with Gasteiger partial charge in [0, 0.05) is 5.69 Å². The van der Waals surface area contributed by atoms with Gasteiger partial charge >= 0.3 is 0 Å². The summed E-state index contributed by atoms with van der Waals surface area (Å²) >= 11 is 5.64. The van der Waals surface area contributed by atoms with Crippen molar-refractivity contribution in [2.75, 3.05) is 5.73 Å². The van der Waals surface area contributed by atoms with Crippen LogP contribution in [0.1, 0.15) is 18.6 Å². The van der Waals surface area contributed by atoms with Gasteiger partial charge in [0.2, 0.25) is 0 Å². The number of nitrogens with two attached hydrogens (primary N) is 1. The second kappa shape index (κ2) is 5.45. The molecule has 0 heterocycles. The van der Waals surface area contributed by atoms with E-state index in [1.165, 1.54) is 6.07 Å². The Morgan fingerprint density at radius 1 is 1.11 bits per heavy atom. The molecule has 2 nitrogen and oxygen atoms in total. The van der Waals surface area contributed by atoms with Gasteiger partial charge in [-0.2, -0.15) is 0 Å². The minimum Gasteiger partial charge on any atom is -0.486 e. The highest BCUT2D eigenvalue weighted by Crippen LogP contribution is 2.29. The van der Waals surface area contributed by atoms with Crippen LogP contribution in [0.25, 0.3) is 0 Å². The first kappa shape index (κ1) is 13.6. The van der Waals surface area contributed by atoms with Gasteiger partial charge in [-0.15, -0.1) is 0 Å². The summed E-state index contributed by atoms with van der Waals surface area (Å²) in [5.74, 6) is -1.02. The monoisotopic (exact) mass is 283 g/mol. The van der Waals surface area contributed by atoms with Gasteiger partial charge in [0.25, 0.3) is 0 Å². The van der Waals surface area contributed by atoms with Gasteiger partial charge in [-0.05, 0) is 43.3 Å². The summed E-state index contributed by atoms with van der Waals surface area (Å²) in [6.07, 6.45) is -0.803. The fourth-order valence-corrected chi connectivity index (χ4v) is 1.89. The number of halogens is 3. The van der Waals surface area contributed by atoms with Gasteiger partial charge in [-0.1, -0.05) is 11.6 Å². The normalized spacial score (nSPS) is 12.2. The largest absolute Gasteiger partial charge is 0.486 e. The van der Waals surface area contributed by atoms with Gasteiger partial charge in [-0.25, -0.2) is 8.78 Å². The van der Waals surface area contributed by atoms with Crippen LogP contribution < -0.4 is 10.5 Å². The molecular formula is C14H12ClF2NO. The molecule has 0 saturated carbocycles. The molecule has 0 aromatic heterocycles. The van der Waals surface area contributed by atoms with Crippen LogP contribution in [-0.2, 0) is 0 Å². The van der Waals surface area contributed by atoms with E-state index in [4.69, 9.17) is 22.1 Å². The predicted molar refractivity (Wildman–Crippen MR) is 71.3 cm³/mol. The molecule has 0 aliphatic heterocycles. The highest BCUT2D eigenvalue weighted by molar-refractivity contribution is 6.30. The first-order valence-electron chi connectivity index (χ1n) is 5.64. The Labute approximate surface area is 114 Å². The highest BCUT2D eigenvalue weighted by Gasteiger charge is 2.20. The van der Waals surface area contributed by atoms with Gasteiger partial charge < -0.3 is 10.5 Å². The number of hydrogen-bond acceptors (Lipinski definition) is 2. The first-order chi connectivity index (χ1) is 8.99. The van der Waals surface area contributed by atoms with Gasteiger partial charge in [0.05, 0.1) is 10.6 Å². The molecule has 0 saturated heterocycles. The minimum atomic E-state index is -0.803. The maximum atomic E-state index is 13.8. The van der Waals surface area contributed by atoms with Crippen molar-refractivity contribution >= 4 is 17.3 Å². The minimum absolute atomic E-state index is 0.135. The Hall–Kier alpha value is -1.81. The van der Waals surface area contributed by atoms with E-state index in [0.717, 1.165) is 6.07 Å².